The van der Waals surface area contributed by atoms with E-state index in [4.69, 9.17) is 23.2 Å². The van der Waals surface area contributed by atoms with Gasteiger partial charge in [-0.15, -0.1) is 0 Å². The first-order valence-electron chi connectivity index (χ1n) is 11.0. The Balaban J connectivity index is 1.31. The van der Waals surface area contributed by atoms with Gasteiger partial charge >= 0.3 is 0 Å². The van der Waals surface area contributed by atoms with Gasteiger partial charge in [-0.3, -0.25) is 14.8 Å². The quantitative estimate of drug-likeness (QED) is 0.549. The summed E-state index contributed by atoms with van der Waals surface area (Å²) in [5.41, 5.74) is 0.269. The van der Waals surface area contributed by atoms with Crippen LogP contribution in [0.5, 0.6) is 0 Å². The van der Waals surface area contributed by atoms with Gasteiger partial charge in [-0.25, -0.2) is 8.78 Å². The van der Waals surface area contributed by atoms with Crippen LogP contribution in [-0.2, 0) is 5.60 Å². The summed E-state index contributed by atoms with van der Waals surface area (Å²) >= 11 is 12.4. The van der Waals surface area contributed by atoms with Gasteiger partial charge in [0.1, 0.15) is 17.1 Å². The Bertz CT molecular complexity index is 1250. The summed E-state index contributed by atoms with van der Waals surface area (Å²) in [4.78, 5) is 17.2. The average molecular weight is 507 g/mol. The lowest BCUT2D eigenvalue weighted by atomic mass is 9.82. The molecule has 2 aliphatic heterocycles. The minimum Gasteiger partial charge on any atom is -0.384 e. The molecule has 178 valence electrons. The Morgan fingerprint density at radius 2 is 2.00 bits per heavy atom. The Hall–Kier alpha value is -2.52. The third-order valence-corrected chi connectivity index (χ3v) is 7.49. The number of hydrogen-bond donors (Lipinski definition) is 2. The fraction of sp³-hybridized carbons (Fsp3) is 0.333. The van der Waals surface area contributed by atoms with Crippen molar-refractivity contribution in [2.45, 2.75) is 24.5 Å². The molecule has 34 heavy (non-hydrogen) atoms. The van der Waals surface area contributed by atoms with Crippen LogP contribution in [0.15, 0.2) is 42.6 Å². The lowest BCUT2D eigenvalue weighted by molar-refractivity contribution is -0.0740. The molecule has 0 aliphatic carbocycles. The number of H-pyrrole nitrogens is 1. The molecule has 0 unspecified atom stereocenters. The summed E-state index contributed by atoms with van der Waals surface area (Å²) in [5.74, 6) is -1.29. The molecule has 2 saturated heterocycles. The highest BCUT2D eigenvalue weighted by atomic mass is 35.5. The number of carbonyl (C=O) groups excluding carboxylic acids is 1. The number of piperazine rings is 1. The molecule has 10 heteroatoms. The van der Waals surface area contributed by atoms with E-state index in [2.05, 4.69) is 15.1 Å². The average Bonchev–Trinajstić information content (AvgIpc) is 3.25. The van der Waals surface area contributed by atoms with Gasteiger partial charge in [-0.1, -0.05) is 41.4 Å². The highest BCUT2D eigenvalue weighted by Crippen LogP contribution is 2.37. The van der Waals surface area contributed by atoms with E-state index in [-0.39, 0.29) is 27.7 Å². The van der Waals surface area contributed by atoms with Crippen LogP contribution in [0.1, 0.15) is 28.8 Å². The van der Waals surface area contributed by atoms with Crippen LogP contribution in [0.2, 0.25) is 10.0 Å². The fourth-order valence-electron chi connectivity index (χ4n) is 4.92. The number of aromatic nitrogens is 2. The molecule has 0 radical (unpaired) electrons. The summed E-state index contributed by atoms with van der Waals surface area (Å²) < 4.78 is 27.6. The summed E-state index contributed by atoms with van der Waals surface area (Å²) in [7, 11) is 0. The van der Waals surface area contributed by atoms with Crippen LogP contribution in [0.25, 0.3) is 11.3 Å². The Kier molecular flexibility index (Phi) is 6.10. The van der Waals surface area contributed by atoms with Gasteiger partial charge in [0.25, 0.3) is 5.91 Å². The lowest BCUT2D eigenvalue weighted by Gasteiger charge is -2.49. The van der Waals surface area contributed by atoms with E-state index in [0.717, 1.165) is 6.20 Å². The molecule has 2 aromatic carbocycles. The first-order valence-corrected chi connectivity index (χ1v) is 11.7. The van der Waals surface area contributed by atoms with Crippen molar-refractivity contribution in [1.82, 2.24) is 20.0 Å². The fourth-order valence-corrected chi connectivity index (χ4v) is 5.40. The van der Waals surface area contributed by atoms with Crippen LogP contribution in [0.3, 0.4) is 0 Å². The number of carbonyl (C=O) groups is 1. The van der Waals surface area contributed by atoms with Crippen LogP contribution >= 0.6 is 23.2 Å². The number of rotatable bonds is 3. The smallest absolute Gasteiger partial charge is 0.255 e. The first kappa shape index (κ1) is 23.2. The van der Waals surface area contributed by atoms with Crippen molar-refractivity contribution < 1.29 is 18.7 Å². The van der Waals surface area contributed by atoms with E-state index in [1.807, 2.05) is 0 Å². The molecule has 0 saturated carbocycles. The van der Waals surface area contributed by atoms with Crippen molar-refractivity contribution >= 4 is 29.1 Å². The van der Waals surface area contributed by atoms with Crippen molar-refractivity contribution in [1.29, 1.82) is 0 Å². The number of hydrogen-bond acceptors (Lipinski definition) is 4. The topological polar surface area (TPSA) is 72.5 Å². The SMILES string of the molecule is O=C(c1cccc(-c2[nH]ncc2F)c1Cl)N1CCN2C[C@@](O)(c3ccc(F)c(Cl)c3)CC[C@@H]2C1. The summed E-state index contributed by atoms with van der Waals surface area (Å²) in [6, 6.07) is 9.32. The molecule has 3 aromatic rings. The normalized spacial score (nSPS) is 23.1. The third-order valence-electron chi connectivity index (χ3n) is 6.80. The number of aromatic amines is 1. The third kappa shape index (κ3) is 4.09. The molecule has 2 fully saturated rings. The summed E-state index contributed by atoms with van der Waals surface area (Å²) in [5, 5.41) is 17.7. The minimum atomic E-state index is -1.13. The second kappa shape index (κ2) is 8.92. The van der Waals surface area contributed by atoms with Crippen molar-refractivity contribution in [3.8, 4) is 11.3 Å². The predicted molar refractivity (Wildman–Crippen MR) is 125 cm³/mol. The number of piperidine rings is 1. The molecule has 6 nitrogen and oxygen atoms in total. The molecule has 2 atom stereocenters. The van der Waals surface area contributed by atoms with E-state index in [1.165, 1.54) is 12.1 Å². The monoisotopic (exact) mass is 506 g/mol. The van der Waals surface area contributed by atoms with Crippen molar-refractivity contribution in [2.24, 2.45) is 0 Å². The molecule has 5 rings (SSSR count). The summed E-state index contributed by atoms with van der Waals surface area (Å²) in [6.07, 6.45) is 2.18. The second-order valence-electron chi connectivity index (χ2n) is 8.83. The van der Waals surface area contributed by atoms with E-state index < -0.39 is 17.2 Å². The molecular formula is C24H22Cl2F2N4O2. The molecule has 2 aliphatic rings. The first-order chi connectivity index (χ1) is 16.3. The zero-order chi connectivity index (χ0) is 24.0. The van der Waals surface area contributed by atoms with Crippen molar-refractivity contribution in [3.05, 3.63) is 75.4 Å². The molecule has 1 aromatic heterocycles. The molecular weight excluding hydrogens is 485 g/mol. The van der Waals surface area contributed by atoms with Gasteiger partial charge in [0, 0.05) is 37.8 Å². The Labute approximate surface area is 205 Å². The number of aliphatic hydroxyl groups is 1. The van der Waals surface area contributed by atoms with E-state index in [0.29, 0.717) is 55.7 Å². The van der Waals surface area contributed by atoms with Crippen molar-refractivity contribution in [2.75, 3.05) is 26.2 Å². The molecule has 0 spiro atoms. The minimum absolute atomic E-state index is 0.0161. The predicted octanol–water partition coefficient (Wildman–Crippen LogP) is 4.47. The van der Waals surface area contributed by atoms with Crippen molar-refractivity contribution in [3.63, 3.8) is 0 Å². The van der Waals surface area contributed by atoms with E-state index >= 15 is 0 Å². The van der Waals surface area contributed by atoms with Gasteiger partial charge in [0.2, 0.25) is 0 Å². The van der Waals surface area contributed by atoms with Crippen LogP contribution < -0.4 is 0 Å². The number of halogens is 4. The second-order valence-corrected chi connectivity index (χ2v) is 9.62. The maximum absolute atomic E-state index is 14.0. The molecule has 2 N–H and O–H groups in total. The van der Waals surface area contributed by atoms with Gasteiger partial charge < -0.3 is 10.0 Å². The largest absolute Gasteiger partial charge is 0.384 e. The van der Waals surface area contributed by atoms with E-state index in [1.54, 1.807) is 29.2 Å². The zero-order valence-electron chi connectivity index (χ0n) is 18.1. The Morgan fingerprint density at radius 3 is 2.74 bits per heavy atom. The number of amides is 1. The van der Waals surface area contributed by atoms with Gasteiger partial charge in [0.05, 0.1) is 21.8 Å². The maximum Gasteiger partial charge on any atom is 0.255 e. The zero-order valence-corrected chi connectivity index (χ0v) is 19.6. The highest BCUT2D eigenvalue weighted by Gasteiger charge is 2.42. The Morgan fingerprint density at radius 1 is 1.18 bits per heavy atom. The summed E-state index contributed by atoms with van der Waals surface area (Å²) in [6.45, 7) is 1.88. The van der Waals surface area contributed by atoms with Gasteiger partial charge in [0.15, 0.2) is 5.82 Å². The van der Waals surface area contributed by atoms with Crippen LogP contribution in [-0.4, -0.2) is 63.2 Å². The standard InChI is InChI=1S/C24H22Cl2F2N4O2/c25-18-10-14(4-5-19(18)27)24(34)7-6-15-12-31(8-9-32(15)13-24)23(33)17-3-1-2-16(21(17)26)22-20(28)11-29-30-22/h1-5,10-11,15,34H,6-9,12-13H2,(H,29,30)/t15-,24-/m1/s1. The molecule has 0 bridgehead atoms. The van der Waals surface area contributed by atoms with Gasteiger partial charge in [-0.2, -0.15) is 5.10 Å². The highest BCUT2D eigenvalue weighted by molar-refractivity contribution is 6.36. The number of nitrogens with one attached hydrogen (secondary N) is 1. The van der Waals surface area contributed by atoms with Crippen LogP contribution in [0, 0.1) is 11.6 Å². The number of fused-ring (bicyclic) bond motifs is 1. The van der Waals surface area contributed by atoms with E-state index in [9.17, 15) is 18.7 Å². The lowest BCUT2D eigenvalue weighted by Crippen LogP contribution is -2.60. The molecule has 3 heterocycles. The van der Waals surface area contributed by atoms with Crippen LogP contribution in [0.4, 0.5) is 8.78 Å². The van der Waals surface area contributed by atoms with Gasteiger partial charge in [-0.05, 0) is 36.6 Å². The maximum atomic E-state index is 14.0. The number of benzene rings is 2. The molecule has 1 amide bonds. The number of nitrogens with zero attached hydrogens (tertiary/aromatic N) is 3.